The Hall–Kier alpha value is -0.810. The van der Waals surface area contributed by atoms with Crippen LogP contribution in [0.3, 0.4) is 0 Å². The number of rotatable bonds is 6. The molecule has 0 aromatic heterocycles. The first-order chi connectivity index (χ1) is 12.6. The number of aliphatic imine (C=N–C) groups is 1. The van der Waals surface area contributed by atoms with Gasteiger partial charge in [-0.1, -0.05) is 6.92 Å². The van der Waals surface area contributed by atoms with Gasteiger partial charge in [-0.05, 0) is 19.8 Å². The molecule has 0 aromatic rings. The highest BCUT2D eigenvalue weighted by atomic mass is 127. The van der Waals surface area contributed by atoms with E-state index in [0.717, 1.165) is 65.0 Å². The highest BCUT2D eigenvalue weighted by Gasteiger charge is 2.24. The molecule has 1 N–H and O–H groups in total. The standard InChI is InChI=1S/C18H35N5O3.HI/c1-4-19-17(20-14-16(3)15-21-10-12-25-13-11-21)22-6-8-23(9-7-22)18(24)26-5-2;/h16H,4-15H2,1-3H3,(H,19,20);1H. The van der Waals surface area contributed by atoms with Crippen molar-refractivity contribution in [3.63, 3.8) is 0 Å². The average molecular weight is 497 g/mol. The van der Waals surface area contributed by atoms with Crippen molar-refractivity contribution in [3.05, 3.63) is 0 Å². The predicted octanol–water partition coefficient (Wildman–Crippen LogP) is 1.31. The van der Waals surface area contributed by atoms with Crippen LogP contribution in [0, 0.1) is 5.92 Å². The third-order valence-electron chi connectivity index (χ3n) is 4.67. The van der Waals surface area contributed by atoms with Gasteiger partial charge in [0.2, 0.25) is 0 Å². The third kappa shape index (κ3) is 8.39. The Kier molecular flexibility index (Phi) is 12.0. The molecule has 27 heavy (non-hydrogen) atoms. The van der Waals surface area contributed by atoms with Crippen LogP contribution in [0.5, 0.6) is 0 Å². The second-order valence-corrected chi connectivity index (χ2v) is 6.89. The third-order valence-corrected chi connectivity index (χ3v) is 4.67. The molecule has 0 aliphatic carbocycles. The minimum absolute atomic E-state index is 0. The van der Waals surface area contributed by atoms with Crippen LogP contribution < -0.4 is 5.32 Å². The summed E-state index contributed by atoms with van der Waals surface area (Å²) in [6, 6.07) is 0. The number of hydrogen-bond donors (Lipinski definition) is 1. The van der Waals surface area contributed by atoms with Crippen molar-refractivity contribution in [3.8, 4) is 0 Å². The van der Waals surface area contributed by atoms with Gasteiger partial charge < -0.3 is 24.6 Å². The zero-order valence-corrected chi connectivity index (χ0v) is 19.3. The average Bonchev–Trinajstić information content (AvgIpc) is 2.66. The molecule has 0 aromatic carbocycles. The fourth-order valence-electron chi connectivity index (χ4n) is 3.27. The second-order valence-electron chi connectivity index (χ2n) is 6.89. The van der Waals surface area contributed by atoms with Crippen LogP contribution in [0.1, 0.15) is 20.8 Å². The van der Waals surface area contributed by atoms with Crippen molar-refractivity contribution in [2.24, 2.45) is 10.9 Å². The molecule has 2 saturated heterocycles. The summed E-state index contributed by atoms with van der Waals surface area (Å²) in [5, 5.41) is 3.39. The Labute approximate surface area is 180 Å². The maximum absolute atomic E-state index is 11.8. The summed E-state index contributed by atoms with van der Waals surface area (Å²) in [5.74, 6) is 1.45. The number of guanidine groups is 1. The Balaban J connectivity index is 0.00000364. The highest BCUT2D eigenvalue weighted by molar-refractivity contribution is 14.0. The minimum Gasteiger partial charge on any atom is -0.450 e. The van der Waals surface area contributed by atoms with Gasteiger partial charge in [-0.15, -0.1) is 24.0 Å². The Bertz CT molecular complexity index is 452. The SMILES string of the molecule is CCNC(=NCC(C)CN1CCOCC1)N1CCN(C(=O)OCC)CC1.I. The Morgan fingerprint density at radius 1 is 1.11 bits per heavy atom. The van der Waals surface area contributed by atoms with Crippen molar-refractivity contribution < 1.29 is 14.3 Å². The number of carbonyl (C=O) groups excluding carboxylic acids is 1. The van der Waals surface area contributed by atoms with Crippen LogP contribution in [-0.4, -0.2) is 105 Å². The normalized spacial score (nSPS) is 20.0. The van der Waals surface area contributed by atoms with Crippen molar-refractivity contribution in [2.75, 3.05) is 78.7 Å². The molecular weight excluding hydrogens is 461 g/mol. The van der Waals surface area contributed by atoms with Gasteiger partial charge in [0, 0.05) is 58.9 Å². The molecule has 0 bridgehead atoms. The van der Waals surface area contributed by atoms with Gasteiger partial charge in [0.25, 0.3) is 0 Å². The van der Waals surface area contributed by atoms with E-state index in [1.54, 1.807) is 4.90 Å². The molecule has 0 radical (unpaired) electrons. The number of hydrogen-bond acceptors (Lipinski definition) is 5. The highest BCUT2D eigenvalue weighted by Crippen LogP contribution is 2.07. The molecule has 1 unspecified atom stereocenters. The van der Waals surface area contributed by atoms with Gasteiger partial charge in [-0.25, -0.2) is 4.79 Å². The summed E-state index contributed by atoms with van der Waals surface area (Å²) in [6.45, 7) is 15.9. The number of morpholine rings is 1. The molecule has 0 spiro atoms. The monoisotopic (exact) mass is 497 g/mol. The molecule has 2 rings (SSSR count). The van der Waals surface area contributed by atoms with E-state index >= 15 is 0 Å². The number of halogens is 1. The van der Waals surface area contributed by atoms with E-state index in [1.165, 1.54) is 0 Å². The summed E-state index contributed by atoms with van der Waals surface area (Å²) in [5.41, 5.74) is 0. The molecule has 2 fully saturated rings. The number of piperazine rings is 1. The predicted molar refractivity (Wildman–Crippen MR) is 118 cm³/mol. The van der Waals surface area contributed by atoms with Crippen molar-refractivity contribution >= 4 is 36.0 Å². The first kappa shape index (κ1) is 24.2. The van der Waals surface area contributed by atoms with Crippen LogP contribution in [0.25, 0.3) is 0 Å². The van der Waals surface area contributed by atoms with Crippen molar-refractivity contribution in [1.29, 1.82) is 0 Å². The fraction of sp³-hybridized carbons (Fsp3) is 0.889. The zero-order valence-electron chi connectivity index (χ0n) is 17.0. The van der Waals surface area contributed by atoms with Crippen molar-refractivity contribution in [2.45, 2.75) is 20.8 Å². The molecule has 158 valence electrons. The van der Waals surface area contributed by atoms with Gasteiger partial charge in [0.15, 0.2) is 5.96 Å². The Morgan fingerprint density at radius 2 is 1.74 bits per heavy atom. The van der Waals surface area contributed by atoms with Crippen molar-refractivity contribution in [1.82, 2.24) is 20.0 Å². The van der Waals surface area contributed by atoms with Gasteiger partial charge in [-0.3, -0.25) is 9.89 Å². The molecule has 1 atom stereocenters. The van der Waals surface area contributed by atoms with Crippen LogP contribution in [0.4, 0.5) is 4.79 Å². The first-order valence-corrected chi connectivity index (χ1v) is 9.89. The molecule has 2 aliphatic rings. The summed E-state index contributed by atoms with van der Waals surface area (Å²) < 4.78 is 10.5. The summed E-state index contributed by atoms with van der Waals surface area (Å²) >= 11 is 0. The smallest absolute Gasteiger partial charge is 0.409 e. The molecule has 1 amide bonds. The van der Waals surface area contributed by atoms with Gasteiger partial charge in [0.05, 0.1) is 19.8 Å². The lowest BCUT2D eigenvalue weighted by Gasteiger charge is -2.36. The molecule has 2 aliphatic heterocycles. The van der Waals surface area contributed by atoms with Crippen LogP contribution >= 0.6 is 24.0 Å². The fourth-order valence-corrected chi connectivity index (χ4v) is 3.27. The lowest BCUT2D eigenvalue weighted by Crippen LogP contribution is -2.54. The van der Waals surface area contributed by atoms with Crippen LogP contribution in [0.2, 0.25) is 0 Å². The van der Waals surface area contributed by atoms with E-state index in [4.69, 9.17) is 14.5 Å². The number of nitrogens with zero attached hydrogens (tertiary/aromatic N) is 4. The first-order valence-electron chi connectivity index (χ1n) is 9.89. The molecular formula is C18H36IN5O3. The van der Waals surface area contributed by atoms with E-state index < -0.39 is 0 Å². The van der Waals surface area contributed by atoms with Gasteiger partial charge in [0.1, 0.15) is 0 Å². The number of ether oxygens (including phenoxy) is 2. The largest absolute Gasteiger partial charge is 0.450 e. The lowest BCUT2D eigenvalue weighted by molar-refractivity contribution is 0.0323. The van der Waals surface area contributed by atoms with E-state index in [-0.39, 0.29) is 30.1 Å². The molecule has 9 heteroatoms. The molecule has 0 saturated carbocycles. The number of amides is 1. The van der Waals surface area contributed by atoms with E-state index in [2.05, 4.69) is 29.0 Å². The molecule has 2 heterocycles. The maximum Gasteiger partial charge on any atom is 0.409 e. The summed E-state index contributed by atoms with van der Waals surface area (Å²) in [7, 11) is 0. The minimum atomic E-state index is -0.215. The maximum atomic E-state index is 11.8. The van der Waals surface area contributed by atoms with Crippen LogP contribution in [-0.2, 0) is 9.47 Å². The van der Waals surface area contributed by atoms with Crippen LogP contribution in [0.15, 0.2) is 4.99 Å². The van der Waals surface area contributed by atoms with Gasteiger partial charge >= 0.3 is 6.09 Å². The summed E-state index contributed by atoms with van der Waals surface area (Å²) in [4.78, 5) is 23.1. The number of nitrogens with one attached hydrogen (secondary N) is 1. The molecule has 8 nitrogen and oxygen atoms in total. The zero-order chi connectivity index (χ0) is 18.8. The van der Waals surface area contributed by atoms with E-state index in [9.17, 15) is 4.79 Å². The quantitative estimate of drug-likeness (QED) is 0.339. The topological polar surface area (TPSA) is 69.6 Å². The number of carbonyl (C=O) groups is 1. The van der Waals surface area contributed by atoms with E-state index in [0.29, 0.717) is 25.6 Å². The summed E-state index contributed by atoms with van der Waals surface area (Å²) in [6.07, 6.45) is -0.215. The second kappa shape index (κ2) is 13.4. The van der Waals surface area contributed by atoms with Gasteiger partial charge in [-0.2, -0.15) is 0 Å². The Morgan fingerprint density at radius 3 is 2.33 bits per heavy atom. The van der Waals surface area contributed by atoms with E-state index in [1.807, 2.05) is 6.92 Å². The lowest BCUT2D eigenvalue weighted by atomic mass is 10.1.